The highest BCUT2D eigenvalue weighted by Crippen LogP contribution is 2.34. The summed E-state index contributed by atoms with van der Waals surface area (Å²) in [6.07, 6.45) is 9.62. The summed E-state index contributed by atoms with van der Waals surface area (Å²) in [5, 5.41) is 9.01. The van der Waals surface area contributed by atoms with Crippen LogP contribution in [0.15, 0.2) is 240 Å². The highest BCUT2D eigenvalue weighted by Gasteiger charge is 2.08. The van der Waals surface area contributed by atoms with Gasteiger partial charge in [-0.1, -0.05) is 259 Å². The van der Waals surface area contributed by atoms with Crippen LogP contribution < -0.4 is 0 Å². The third-order valence-corrected chi connectivity index (χ3v) is 15.9. The third kappa shape index (κ3) is 27.2. The van der Waals surface area contributed by atoms with Crippen LogP contribution >= 0.6 is 22.7 Å². The Balaban J connectivity index is 0.000000579. The number of thiophene rings is 1. The fourth-order valence-corrected chi connectivity index (χ4v) is 12.0. The van der Waals surface area contributed by atoms with Gasteiger partial charge in [0.1, 0.15) is 22.3 Å². The van der Waals surface area contributed by atoms with Crippen molar-refractivity contribution in [3.63, 3.8) is 0 Å². The maximum Gasteiger partial charge on any atom is 0.233 e. The number of furan rings is 1. The Kier molecular flexibility index (Phi) is 46.3. The second-order valence-corrected chi connectivity index (χ2v) is 22.6. The van der Waals surface area contributed by atoms with E-state index in [2.05, 4.69) is 173 Å². The summed E-state index contributed by atoms with van der Waals surface area (Å²) in [4.78, 5) is 21.0. The Labute approximate surface area is 626 Å². The fraction of sp³-hybridized carbons (Fsp3) is 0.308. The fourth-order valence-electron chi connectivity index (χ4n) is 9.93. The molecule has 8 aromatic carbocycles. The summed E-state index contributed by atoms with van der Waals surface area (Å²) in [6, 6.07) is 68.7. The van der Waals surface area contributed by atoms with Gasteiger partial charge in [-0.2, -0.15) is 0 Å². The molecule has 0 fully saturated rings. The molecule has 0 aliphatic carbocycles. The van der Waals surface area contributed by atoms with Gasteiger partial charge in [0, 0.05) is 97.7 Å². The number of nitrogens with zero attached hydrogens (tertiary/aromatic N) is 8. The van der Waals surface area contributed by atoms with Crippen LogP contribution in [-0.2, 0) is 7.05 Å². The minimum Gasteiger partial charge on any atom is -0.456 e. The zero-order valence-corrected chi connectivity index (χ0v) is 69.3. The van der Waals surface area contributed by atoms with E-state index in [1.807, 2.05) is 296 Å². The molecule has 17 aromatic rings. The summed E-state index contributed by atoms with van der Waals surface area (Å²) in [5.41, 5.74) is 14.4. The van der Waals surface area contributed by atoms with Crippen LogP contribution in [0, 0.1) is 48.5 Å². The average Bonchev–Trinajstić information content (AvgIpc) is 1.62. The molecule has 0 radical (unpaired) electrons. The van der Waals surface area contributed by atoms with Crippen molar-refractivity contribution in [2.45, 2.75) is 187 Å². The lowest BCUT2D eigenvalue weighted by Crippen LogP contribution is -1.85. The number of imidazole rings is 2. The molecular weight excluding hydrogens is 1300 g/mol. The number of benzene rings is 8. The molecule has 0 unspecified atom stereocenters. The molecule has 0 bridgehead atoms. The number of para-hydroxylation sites is 5. The monoisotopic (exact) mass is 1420 g/mol. The van der Waals surface area contributed by atoms with Gasteiger partial charge >= 0.3 is 0 Å². The van der Waals surface area contributed by atoms with Crippen LogP contribution in [0.5, 0.6) is 0 Å². The highest BCUT2D eigenvalue weighted by atomic mass is 32.1. The van der Waals surface area contributed by atoms with Crippen LogP contribution in [0.3, 0.4) is 0 Å². The van der Waals surface area contributed by atoms with Gasteiger partial charge in [-0.25, -0.2) is 24.9 Å². The van der Waals surface area contributed by atoms with Crippen LogP contribution in [0.25, 0.3) is 96.7 Å². The first-order valence-electron chi connectivity index (χ1n) is 37.4. The van der Waals surface area contributed by atoms with Crippen molar-refractivity contribution in [1.82, 2.24) is 38.3 Å². The molecule has 0 atom stereocenters. The maximum absolute atomic E-state index is 5.73. The predicted octanol–water partition coefficient (Wildman–Crippen LogP) is 29.6. The molecule has 0 saturated heterocycles. The summed E-state index contributed by atoms with van der Waals surface area (Å²) in [7, 11) is 2.12. The quantitative estimate of drug-likeness (QED) is 0.149. The first-order chi connectivity index (χ1) is 50.4. The zero-order chi connectivity index (χ0) is 77.4. The number of rotatable bonds is 0. The summed E-state index contributed by atoms with van der Waals surface area (Å²) in [6.45, 7) is 54.2. The number of fused-ring (bicyclic) bond motifs is 13. The number of hydrogen-bond donors (Lipinski definition) is 0. The zero-order valence-electron chi connectivity index (χ0n) is 67.7. The maximum atomic E-state index is 5.73. The number of aromatic nitrogens is 8. The SMILES string of the molecule is CC.CC.CC.CC.CC.CC.CC.CC.CC.CC.Cc1ccc2c(c1)c1ccccc1n2C.Cc1ccc2c(c1)oc1ccccc12.Cc1ccc2c(c1)sc1ccccc12.Cc1cn2ccccc2n1.Cc1cn2cccnc2n1.Cc1nc2ccccc2o1.Cc1nc2ccccc2s1. The molecule has 0 N–H and O–H groups in total. The van der Waals surface area contributed by atoms with Gasteiger partial charge in [0.2, 0.25) is 5.78 Å². The van der Waals surface area contributed by atoms with Crippen molar-refractivity contribution in [2.24, 2.45) is 7.05 Å². The highest BCUT2D eigenvalue weighted by molar-refractivity contribution is 7.25. The second kappa shape index (κ2) is 52.2. The van der Waals surface area contributed by atoms with E-state index >= 15 is 0 Å². The Hall–Kier alpha value is -9.75. The molecule has 12 heteroatoms. The number of pyridine rings is 1. The first-order valence-corrected chi connectivity index (χ1v) is 39.0. The van der Waals surface area contributed by atoms with Gasteiger partial charge in [0.05, 0.1) is 26.6 Å². The number of thiazole rings is 1. The minimum atomic E-state index is 0.723. The Morgan fingerprint density at radius 1 is 0.320 bits per heavy atom. The van der Waals surface area contributed by atoms with Crippen molar-refractivity contribution >= 4 is 119 Å². The predicted molar refractivity (Wildman–Crippen MR) is 462 cm³/mol. The number of oxazole rings is 1. The number of aryl methyl sites for hydroxylation is 8. The van der Waals surface area contributed by atoms with E-state index in [1.54, 1.807) is 17.5 Å². The Morgan fingerprint density at radius 2 is 0.796 bits per heavy atom. The van der Waals surface area contributed by atoms with E-state index in [-0.39, 0.29) is 0 Å². The molecule has 103 heavy (non-hydrogen) atoms. The van der Waals surface area contributed by atoms with Crippen LogP contribution in [-0.4, -0.2) is 38.3 Å². The van der Waals surface area contributed by atoms with E-state index in [9.17, 15) is 0 Å². The third-order valence-electron chi connectivity index (χ3n) is 13.8. The lowest BCUT2D eigenvalue weighted by atomic mass is 10.1. The molecule has 0 saturated carbocycles. The molecule has 0 aliphatic rings. The molecule has 550 valence electrons. The van der Waals surface area contributed by atoms with Crippen LogP contribution in [0.4, 0.5) is 0 Å². The summed E-state index contributed by atoms with van der Waals surface area (Å²) in [5.74, 6) is 1.49. The Morgan fingerprint density at radius 3 is 1.43 bits per heavy atom. The van der Waals surface area contributed by atoms with E-state index in [0.717, 1.165) is 61.5 Å². The lowest BCUT2D eigenvalue weighted by Gasteiger charge is -1.97. The van der Waals surface area contributed by atoms with Crippen molar-refractivity contribution < 1.29 is 8.83 Å². The van der Waals surface area contributed by atoms with Crippen LogP contribution in [0.2, 0.25) is 0 Å². The van der Waals surface area contributed by atoms with E-state index < -0.39 is 0 Å². The van der Waals surface area contributed by atoms with Gasteiger partial charge in [-0.15, -0.1) is 22.7 Å². The Bertz CT molecular complexity index is 4490. The van der Waals surface area contributed by atoms with Crippen molar-refractivity contribution in [1.29, 1.82) is 0 Å². The number of hydrogen-bond acceptors (Lipinski definition) is 9. The molecule has 0 spiro atoms. The largest absolute Gasteiger partial charge is 0.456 e. The molecule has 0 amide bonds. The molecule has 0 aliphatic heterocycles. The van der Waals surface area contributed by atoms with E-state index in [4.69, 9.17) is 8.83 Å². The normalized spacial score (nSPS) is 9.36. The van der Waals surface area contributed by atoms with Gasteiger partial charge in [-0.3, -0.25) is 4.40 Å². The smallest absolute Gasteiger partial charge is 0.233 e. The van der Waals surface area contributed by atoms with E-state index in [0.29, 0.717) is 0 Å². The van der Waals surface area contributed by atoms with E-state index in [1.165, 1.54) is 74.1 Å². The molecule has 9 aromatic heterocycles. The molecule has 9 heterocycles. The van der Waals surface area contributed by atoms with Gasteiger partial charge in [-0.05, 0) is 138 Å². The average molecular weight is 1420 g/mol. The van der Waals surface area contributed by atoms with Crippen molar-refractivity contribution in [2.75, 3.05) is 0 Å². The molecular formula is C91H122N8O2S2. The van der Waals surface area contributed by atoms with Crippen molar-refractivity contribution in [3.8, 4) is 0 Å². The standard InChI is InChI=1S/C14H13N.C13H10O.C13H10S.C8H8N2.C8H7NO.C8H7NS.C7H7N3.10C2H6/c1-10-7-8-14-12(9-10)11-5-3-4-6-13(11)15(14)2;2*1-9-6-7-11-10-4-2-3-5-12(10)14-13(11)8-9;1-7-6-10-5-3-2-4-8(10)9-7;2*1-6-9-7-4-2-3-5-8(7)10-6;1-6-5-10-4-2-3-8-7(10)9-6;10*1-2/h3-9H,1-2H3;2*2-8H,1H3;2-6H,1H3;3*2-5H,1H3;10*1-2H3. The lowest BCUT2D eigenvalue weighted by molar-refractivity contribution is 0.561. The molecule has 17 rings (SSSR count). The topological polar surface area (TPSA) is 104 Å². The van der Waals surface area contributed by atoms with Crippen molar-refractivity contribution in [3.05, 3.63) is 270 Å². The van der Waals surface area contributed by atoms with Gasteiger partial charge < -0.3 is 17.8 Å². The first kappa shape index (κ1) is 91.3. The van der Waals surface area contributed by atoms with Crippen LogP contribution in [0.1, 0.15) is 177 Å². The molecule has 10 nitrogen and oxygen atoms in total. The second-order valence-electron chi connectivity index (χ2n) is 20.3. The minimum absolute atomic E-state index is 0.723. The van der Waals surface area contributed by atoms with Gasteiger partial charge in [0.25, 0.3) is 0 Å². The summed E-state index contributed by atoms with van der Waals surface area (Å²) >= 11 is 3.62. The van der Waals surface area contributed by atoms with Gasteiger partial charge in [0.15, 0.2) is 11.5 Å². The summed E-state index contributed by atoms with van der Waals surface area (Å²) < 4.78 is 21.2.